The summed E-state index contributed by atoms with van der Waals surface area (Å²) in [6.07, 6.45) is -8.78. The lowest BCUT2D eigenvalue weighted by atomic mass is 9.94. The highest BCUT2D eigenvalue weighted by molar-refractivity contribution is 5.76. The van der Waals surface area contributed by atoms with Gasteiger partial charge in [-0.3, -0.25) is 9.69 Å². The molecule has 2 heterocycles. The van der Waals surface area contributed by atoms with E-state index in [4.69, 9.17) is 0 Å². The molecule has 236 valence electrons. The number of benzene rings is 2. The molecule has 0 radical (unpaired) electrons. The summed E-state index contributed by atoms with van der Waals surface area (Å²) in [5, 5.41) is 0. The molecule has 2 aromatic rings. The number of hydrogen-bond acceptors (Lipinski definition) is 3. The van der Waals surface area contributed by atoms with E-state index in [1.165, 1.54) is 33.0 Å². The first-order chi connectivity index (χ1) is 20.0. The van der Waals surface area contributed by atoms with Gasteiger partial charge in [-0.15, -0.1) is 0 Å². The number of halogens is 7. The van der Waals surface area contributed by atoms with Crippen LogP contribution < -0.4 is 0 Å². The fourth-order valence-corrected chi connectivity index (χ4v) is 6.12. The summed E-state index contributed by atoms with van der Waals surface area (Å²) in [6, 6.07) is 3.14. The molecule has 2 aliphatic rings. The van der Waals surface area contributed by atoms with Gasteiger partial charge in [0, 0.05) is 52.7 Å². The first-order valence-corrected chi connectivity index (χ1v) is 14.1. The molecule has 13 heteroatoms. The van der Waals surface area contributed by atoms with Crippen LogP contribution in [0.1, 0.15) is 66.6 Å². The van der Waals surface area contributed by atoms with Crippen LogP contribution in [0.15, 0.2) is 36.4 Å². The summed E-state index contributed by atoms with van der Waals surface area (Å²) in [5.74, 6) is -0.480. The maximum absolute atomic E-state index is 14.1. The van der Waals surface area contributed by atoms with Crippen molar-refractivity contribution in [1.29, 1.82) is 0 Å². The van der Waals surface area contributed by atoms with E-state index in [0.717, 1.165) is 4.90 Å². The number of likely N-dealkylation sites (tertiary alicyclic amines) is 1. The van der Waals surface area contributed by atoms with E-state index in [2.05, 4.69) is 4.90 Å². The zero-order valence-electron chi connectivity index (χ0n) is 24.4. The van der Waals surface area contributed by atoms with Crippen LogP contribution in [0, 0.1) is 12.7 Å². The van der Waals surface area contributed by atoms with Gasteiger partial charge in [-0.05, 0) is 73.7 Å². The van der Waals surface area contributed by atoms with E-state index >= 15 is 0 Å². The van der Waals surface area contributed by atoms with Crippen molar-refractivity contribution >= 4 is 11.9 Å². The van der Waals surface area contributed by atoms with E-state index in [1.807, 2.05) is 0 Å². The van der Waals surface area contributed by atoms with Crippen LogP contribution in [0.3, 0.4) is 0 Å². The molecule has 0 aromatic heterocycles. The number of nitrogens with zero attached hydrogens (tertiary/aromatic N) is 4. The summed E-state index contributed by atoms with van der Waals surface area (Å²) >= 11 is 0. The maximum Gasteiger partial charge on any atom is 0.416 e. The Hall–Kier alpha value is -3.35. The molecule has 2 saturated heterocycles. The van der Waals surface area contributed by atoms with Crippen LogP contribution in [0.2, 0.25) is 0 Å². The van der Waals surface area contributed by atoms with Crippen molar-refractivity contribution in [2.75, 3.05) is 39.8 Å². The van der Waals surface area contributed by atoms with E-state index in [0.29, 0.717) is 62.3 Å². The number of urea groups is 1. The second-order valence-corrected chi connectivity index (χ2v) is 11.3. The summed E-state index contributed by atoms with van der Waals surface area (Å²) in [5.41, 5.74) is -1.90. The molecule has 2 aliphatic heterocycles. The zero-order valence-corrected chi connectivity index (χ0v) is 24.4. The average Bonchev–Trinajstić information content (AvgIpc) is 3.19. The Morgan fingerprint density at radius 2 is 1.53 bits per heavy atom. The van der Waals surface area contributed by atoms with Gasteiger partial charge in [0.2, 0.25) is 5.91 Å². The molecule has 0 spiro atoms. The molecule has 3 atom stereocenters. The van der Waals surface area contributed by atoms with Gasteiger partial charge in [0.1, 0.15) is 5.82 Å². The SMILES string of the molecule is CC(=O)N1CCCN(C2CCN(C(=O)N(C)[C@@H](C)c3cc(C(F)(F)F)cc(C(F)(F)F)c3)C2c2ccc(F)cc2C)CC1. The number of aryl methyl sites for hydroxylation is 1. The Bertz CT molecular complexity index is 1310. The lowest BCUT2D eigenvalue weighted by Gasteiger charge is -2.38. The minimum absolute atomic E-state index is 0.0325. The Labute approximate surface area is 246 Å². The minimum atomic E-state index is -5.02. The zero-order chi connectivity index (χ0) is 31.9. The third-order valence-electron chi connectivity index (χ3n) is 8.58. The molecule has 6 nitrogen and oxygen atoms in total. The van der Waals surface area contributed by atoms with Gasteiger partial charge in [0.05, 0.1) is 23.2 Å². The predicted octanol–water partition coefficient (Wildman–Crippen LogP) is 6.65. The first-order valence-electron chi connectivity index (χ1n) is 14.1. The molecule has 0 bridgehead atoms. The Balaban J connectivity index is 1.67. The fourth-order valence-electron chi connectivity index (χ4n) is 6.12. The highest BCUT2D eigenvalue weighted by Gasteiger charge is 2.44. The number of hydrogen-bond donors (Lipinski definition) is 0. The monoisotopic (exact) mass is 616 g/mol. The molecule has 2 fully saturated rings. The molecule has 43 heavy (non-hydrogen) atoms. The van der Waals surface area contributed by atoms with Crippen molar-refractivity contribution in [3.8, 4) is 0 Å². The second kappa shape index (κ2) is 12.3. The third-order valence-corrected chi connectivity index (χ3v) is 8.58. The minimum Gasteiger partial charge on any atom is -0.342 e. The second-order valence-electron chi connectivity index (χ2n) is 11.3. The highest BCUT2D eigenvalue weighted by Crippen LogP contribution is 2.41. The quantitative estimate of drug-likeness (QED) is 0.362. The Morgan fingerprint density at radius 1 is 0.907 bits per heavy atom. The smallest absolute Gasteiger partial charge is 0.342 e. The molecular weight excluding hydrogens is 581 g/mol. The van der Waals surface area contributed by atoms with Gasteiger partial charge in [-0.2, -0.15) is 26.3 Å². The Morgan fingerprint density at radius 3 is 2.09 bits per heavy atom. The van der Waals surface area contributed by atoms with Crippen LogP contribution in [0.25, 0.3) is 0 Å². The lowest BCUT2D eigenvalue weighted by Crippen LogP contribution is -2.46. The van der Waals surface area contributed by atoms with E-state index in [-0.39, 0.29) is 30.1 Å². The molecule has 0 aliphatic carbocycles. The standard InChI is InChI=1S/C30H35F7N4O2/c1-18-14-24(31)6-7-25(18)27-26(40-10-5-9-39(12-13-40)20(3)42)8-11-41(27)28(43)38(4)19(2)21-15-22(29(32,33)34)17-23(16-21)30(35,36)37/h6-7,14-17,19,26-27H,5,8-13H2,1-4H3/t19-,26?,27?/m0/s1. The summed E-state index contributed by atoms with van der Waals surface area (Å²) < 4.78 is 95.2. The van der Waals surface area contributed by atoms with Gasteiger partial charge in [0.15, 0.2) is 0 Å². The van der Waals surface area contributed by atoms with Crippen molar-refractivity contribution in [2.24, 2.45) is 0 Å². The normalized spacial score (nSPS) is 21.1. The average molecular weight is 617 g/mol. The highest BCUT2D eigenvalue weighted by atomic mass is 19.4. The van der Waals surface area contributed by atoms with Crippen molar-refractivity contribution in [3.63, 3.8) is 0 Å². The third kappa shape index (κ3) is 7.08. The molecule has 0 N–H and O–H groups in total. The summed E-state index contributed by atoms with van der Waals surface area (Å²) in [7, 11) is 1.35. The molecule has 2 aromatic carbocycles. The van der Waals surface area contributed by atoms with Crippen LogP contribution in [0.4, 0.5) is 35.5 Å². The van der Waals surface area contributed by atoms with Crippen LogP contribution >= 0.6 is 0 Å². The topological polar surface area (TPSA) is 47.1 Å². The molecule has 4 rings (SSSR count). The van der Waals surface area contributed by atoms with Gasteiger partial charge in [-0.1, -0.05) is 6.07 Å². The van der Waals surface area contributed by atoms with Crippen molar-refractivity contribution in [2.45, 2.75) is 64.1 Å². The van der Waals surface area contributed by atoms with Crippen molar-refractivity contribution in [3.05, 3.63) is 70.0 Å². The van der Waals surface area contributed by atoms with Crippen molar-refractivity contribution in [1.82, 2.24) is 19.6 Å². The summed E-state index contributed by atoms with van der Waals surface area (Å²) in [4.78, 5) is 32.6. The number of alkyl halides is 6. The van der Waals surface area contributed by atoms with E-state index in [9.17, 15) is 40.3 Å². The van der Waals surface area contributed by atoms with Crippen molar-refractivity contribution < 1.29 is 40.3 Å². The first kappa shape index (κ1) is 32.6. The van der Waals surface area contributed by atoms with Gasteiger partial charge < -0.3 is 14.7 Å². The maximum atomic E-state index is 14.1. The molecule has 2 unspecified atom stereocenters. The van der Waals surface area contributed by atoms with E-state index in [1.54, 1.807) is 22.8 Å². The number of carbonyl (C=O) groups is 2. The number of carbonyl (C=O) groups excluding carboxylic acids is 2. The van der Waals surface area contributed by atoms with Crippen LogP contribution in [0.5, 0.6) is 0 Å². The lowest BCUT2D eigenvalue weighted by molar-refractivity contribution is -0.143. The Kier molecular flexibility index (Phi) is 9.34. The summed E-state index contributed by atoms with van der Waals surface area (Å²) in [6.45, 7) is 7.19. The van der Waals surface area contributed by atoms with Gasteiger partial charge in [0.25, 0.3) is 0 Å². The van der Waals surface area contributed by atoms with Crippen LogP contribution in [-0.2, 0) is 17.1 Å². The molecule has 3 amide bonds. The predicted molar refractivity (Wildman–Crippen MR) is 145 cm³/mol. The van der Waals surface area contributed by atoms with Crippen LogP contribution in [-0.4, -0.2) is 77.4 Å². The molecular formula is C30H35F7N4O2. The van der Waals surface area contributed by atoms with E-state index < -0.39 is 47.4 Å². The fraction of sp³-hybridized carbons (Fsp3) is 0.533. The number of rotatable bonds is 4. The largest absolute Gasteiger partial charge is 0.416 e. The van der Waals surface area contributed by atoms with Gasteiger partial charge in [-0.25, -0.2) is 9.18 Å². The number of amides is 3. The van der Waals surface area contributed by atoms with Gasteiger partial charge >= 0.3 is 18.4 Å². The molecule has 0 saturated carbocycles.